The van der Waals surface area contributed by atoms with E-state index < -0.39 is 0 Å². The first-order valence-electron chi connectivity index (χ1n) is 7.34. The van der Waals surface area contributed by atoms with Crippen LogP contribution in [0.15, 0.2) is 48.8 Å². The van der Waals surface area contributed by atoms with Crippen LogP contribution in [0.3, 0.4) is 0 Å². The molecule has 21 heavy (non-hydrogen) atoms. The summed E-state index contributed by atoms with van der Waals surface area (Å²) < 4.78 is 18.9. The topological polar surface area (TPSA) is 25.4 Å². The first kappa shape index (κ1) is 13.9. The number of ether oxygens (including phenoxy) is 1. The van der Waals surface area contributed by atoms with Gasteiger partial charge in [0.05, 0.1) is 6.61 Å². The van der Waals surface area contributed by atoms with Crippen LogP contribution in [0, 0.1) is 11.7 Å². The monoisotopic (exact) mass is 286 g/mol. The van der Waals surface area contributed by atoms with Crippen molar-refractivity contribution in [2.24, 2.45) is 5.92 Å². The van der Waals surface area contributed by atoms with Gasteiger partial charge in [-0.05, 0) is 37.1 Å². The summed E-state index contributed by atoms with van der Waals surface area (Å²) in [6.45, 7) is 2.67. The van der Waals surface area contributed by atoms with E-state index in [1.165, 1.54) is 17.8 Å². The highest BCUT2D eigenvalue weighted by Crippen LogP contribution is 2.23. The fourth-order valence-electron chi connectivity index (χ4n) is 2.76. The zero-order valence-electron chi connectivity index (χ0n) is 11.9. The van der Waals surface area contributed by atoms with Crippen molar-refractivity contribution < 1.29 is 9.13 Å². The Morgan fingerprint density at radius 2 is 2.10 bits per heavy atom. The maximum Gasteiger partial charge on any atom is 0.126 e. The lowest BCUT2D eigenvalue weighted by atomic mass is 9.98. The molecule has 1 aliphatic rings. The lowest BCUT2D eigenvalue weighted by Crippen LogP contribution is -2.37. The van der Waals surface area contributed by atoms with Crippen molar-refractivity contribution in [3.8, 4) is 5.75 Å². The van der Waals surface area contributed by atoms with Gasteiger partial charge in [0, 0.05) is 43.2 Å². The van der Waals surface area contributed by atoms with E-state index in [-0.39, 0.29) is 5.82 Å². The predicted molar refractivity (Wildman–Crippen MR) is 81.1 cm³/mol. The molecule has 1 saturated heterocycles. The zero-order chi connectivity index (χ0) is 14.5. The number of benzene rings is 1. The van der Waals surface area contributed by atoms with Crippen molar-refractivity contribution in [3.05, 3.63) is 54.6 Å². The van der Waals surface area contributed by atoms with E-state index in [0.29, 0.717) is 18.3 Å². The molecule has 1 atom stereocenters. The summed E-state index contributed by atoms with van der Waals surface area (Å²) in [5.41, 5.74) is 1.21. The van der Waals surface area contributed by atoms with E-state index in [4.69, 9.17) is 4.74 Å². The third kappa shape index (κ3) is 3.72. The van der Waals surface area contributed by atoms with Crippen molar-refractivity contribution in [3.63, 3.8) is 0 Å². The number of nitrogens with zero attached hydrogens (tertiary/aromatic N) is 2. The third-order valence-corrected chi connectivity index (χ3v) is 3.83. The van der Waals surface area contributed by atoms with Crippen LogP contribution in [0.4, 0.5) is 10.1 Å². The zero-order valence-corrected chi connectivity index (χ0v) is 11.9. The van der Waals surface area contributed by atoms with Gasteiger partial charge < -0.3 is 9.64 Å². The summed E-state index contributed by atoms with van der Waals surface area (Å²) >= 11 is 0. The largest absolute Gasteiger partial charge is 0.493 e. The van der Waals surface area contributed by atoms with E-state index in [1.807, 2.05) is 24.5 Å². The maximum absolute atomic E-state index is 13.1. The van der Waals surface area contributed by atoms with E-state index in [0.717, 1.165) is 25.9 Å². The van der Waals surface area contributed by atoms with Crippen molar-refractivity contribution in [2.75, 3.05) is 24.6 Å². The lowest BCUT2D eigenvalue weighted by Gasteiger charge is -2.34. The molecule has 0 aliphatic carbocycles. The minimum atomic E-state index is -0.255. The Kier molecular flexibility index (Phi) is 4.34. The molecule has 1 fully saturated rings. The van der Waals surface area contributed by atoms with Crippen LogP contribution in [0.25, 0.3) is 0 Å². The second kappa shape index (κ2) is 6.57. The quantitative estimate of drug-likeness (QED) is 0.860. The minimum Gasteiger partial charge on any atom is -0.493 e. The van der Waals surface area contributed by atoms with Gasteiger partial charge in [-0.3, -0.25) is 4.98 Å². The molecule has 0 amide bonds. The normalized spacial score (nSPS) is 18.5. The standard InChI is InChI=1S/C17H19FN2O/c18-15-4-1-5-17(11-15)21-13-14-3-2-10-20(12-14)16-6-8-19-9-7-16/h1,4-9,11,14H,2-3,10,12-13H2/t14-/m0/s1. The summed E-state index contributed by atoms with van der Waals surface area (Å²) in [5, 5.41) is 0. The van der Waals surface area contributed by atoms with Gasteiger partial charge in [0.2, 0.25) is 0 Å². The Hall–Kier alpha value is -2.10. The van der Waals surface area contributed by atoms with Crippen LogP contribution in [-0.4, -0.2) is 24.7 Å². The Balaban J connectivity index is 1.57. The third-order valence-electron chi connectivity index (χ3n) is 3.83. The first-order valence-corrected chi connectivity index (χ1v) is 7.34. The average Bonchev–Trinajstić information content (AvgIpc) is 2.54. The van der Waals surface area contributed by atoms with Gasteiger partial charge in [0.25, 0.3) is 0 Å². The number of hydrogen-bond acceptors (Lipinski definition) is 3. The Morgan fingerprint density at radius 1 is 1.24 bits per heavy atom. The van der Waals surface area contributed by atoms with Gasteiger partial charge in [-0.25, -0.2) is 4.39 Å². The molecule has 110 valence electrons. The van der Waals surface area contributed by atoms with Gasteiger partial charge in [-0.15, -0.1) is 0 Å². The molecule has 4 heteroatoms. The molecule has 0 unspecified atom stereocenters. The Labute approximate surface area is 124 Å². The van der Waals surface area contributed by atoms with Gasteiger partial charge in [-0.2, -0.15) is 0 Å². The molecule has 0 spiro atoms. The molecule has 0 N–H and O–H groups in total. The molecule has 2 aromatic rings. The molecule has 2 heterocycles. The number of halogens is 1. The molecule has 1 aromatic carbocycles. The van der Waals surface area contributed by atoms with Crippen LogP contribution in [0.5, 0.6) is 5.75 Å². The van der Waals surface area contributed by atoms with Gasteiger partial charge in [-0.1, -0.05) is 6.07 Å². The van der Waals surface area contributed by atoms with E-state index in [9.17, 15) is 4.39 Å². The second-order valence-electron chi connectivity index (χ2n) is 5.43. The fourth-order valence-corrected chi connectivity index (χ4v) is 2.76. The average molecular weight is 286 g/mol. The Morgan fingerprint density at radius 3 is 2.90 bits per heavy atom. The predicted octanol–water partition coefficient (Wildman–Crippen LogP) is 3.52. The molecule has 0 radical (unpaired) electrons. The van der Waals surface area contributed by atoms with E-state index in [2.05, 4.69) is 9.88 Å². The van der Waals surface area contributed by atoms with Crippen LogP contribution in [-0.2, 0) is 0 Å². The second-order valence-corrected chi connectivity index (χ2v) is 5.43. The molecule has 0 bridgehead atoms. The number of aromatic nitrogens is 1. The van der Waals surface area contributed by atoms with Crippen molar-refractivity contribution >= 4 is 5.69 Å². The van der Waals surface area contributed by atoms with Crippen molar-refractivity contribution in [2.45, 2.75) is 12.8 Å². The smallest absolute Gasteiger partial charge is 0.126 e. The van der Waals surface area contributed by atoms with Gasteiger partial charge in [0.1, 0.15) is 11.6 Å². The number of pyridine rings is 1. The van der Waals surface area contributed by atoms with Crippen molar-refractivity contribution in [1.29, 1.82) is 0 Å². The lowest BCUT2D eigenvalue weighted by molar-refractivity contribution is 0.228. The highest BCUT2D eigenvalue weighted by Gasteiger charge is 2.20. The number of anilines is 1. The molecule has 3 nitrogen and oxygen atoms in total. The molecule has 3 rings (SSSR count). The molecular formula is C17H19FN2O. The van der Waals surface area contributed by atoms with Crippen LogP contribution in [0.2, 0.25) is 0 Å². The summed E-state index contributed by atoms with van der Waals surface area (Å²) in [5.74, 6) is 0.820. The SMILES string of the molecule is Fc1cccc(OC[C@H]2CCCN(c3ccncc3)C2)c1. The van der Waals surface area contributed by atoms with Crippen LogP contribution < -0.4 is 9.64 Å². The maximum atomic E-state index is 13.1. The number of hydrogen-bond donors (Lipinski definition) is 0. The van der Waals surface area contributed by atoms with Gasteiger partial charge in [0.15, 0.2) is 0 Å². The molecule has 1 aromatic heterocycles. The van der Waals surface area contributed by atoms with Crippen LogP contribution in [0.1, 0.15) is 12.8 Å². The molecule has 0 saturated carbocycles. The highest BCUT2D eigenvalue weighted by atomic mass is 19.1. The summed E-state index contributed by atoms with van der Waals surface area (Å²) in [7, 11) is 0. The minimum absolute atomic E-state index is 0.255. The Bertz CT molecular complexity index is 576. The van der Waals surface area contributed by atoms with E-state index in [1.54, 1.807) is 12.1 Å². The van der Waals surface area contributed by atoms with Crippen molar-refractivity contribution in [1.82, 2.24) is 4.98 Å². The summed E-state index contributed by atoms with van der Waals surface area (Å²) in [6, 6.07) is 10.4. The fraction of sp³-hybridized carbons (Fsp3) is 0.353. The van der Waals surface area contributed by atoms with Gasteiger partial charge >= 0.3 is 0 Å². The number of piperidine rings is 1. The first-order chi connectivity index (χ1) is 10.3. The van der Waals surface area contributed by atoms with Crippen LogP contribution >= 0.6 is 0 Å². The highest BCUT2D eigenvalue weighted by molar-refractivity contribution is 5.44. The summed E-state index contributed by atoms with van der Waals surface area (Å²) in [4.78, 5) is 6.42. The van der Waals surface area contributed by atoms with E-state index >= 15 is 0 Å². The molecule has 1 aliphatic heterocycles. The molecular weight excluding hydrogens is 267 g/mol. The number of rotatable bonds is 4. The summed E-state index contributed by atoms with van der Waals surface area (Å²) in [6.07, 6.45) is 5.95.